The number of hydrogen-bond donors (Lipinski definition) is 2. The third-order valence-electron chi connectivity index (χ3n) is 3.70. The predicted molar refractivity (Wildman–Crippen MR) is 78.9 cm³/mol. The standard InChI is InChI=1S/C15H23N3O3/c1-2-18(10-12-6-3-4-8-16-12)11-14(19)17-15(20)13-7-5-9-21-13/h5,7,9,12,16H,2-4,6,8,10-11H2,1H3,(H,17,19,20). The van der Waals surface area contributed by atoms with E-state index in [1.807, 2.05) is 11.8 Å². The van der Waals surface area contributed by atoms with Crippen LogP contribution < -0.4 is 10.6 Å². The maximum Gasteiger partial charge on any atom is 0.293 e. The van der Waals surface area contributed by atoms with Crippen molar-refractivity contribution >= 4 is 11.8 Å². The van der Waals surface area contributed by atoms with Crippen molar-refractivity contribution in [3.63, 3.8) is 0 Å². The highest BCUT2D eigenvalue weighted by molar-refractivity contribution is 6.03. The van der Waals surface area contributed by atoms with E-state index in [-0.39, 0.29) is 18.2 Å². The zero-order chi connectivity index (χ0) is 15.1. The molecule has 1 unspecified atom stereocenters. The monoisotopic (exact) mass is 293 g/mol. The summed E-state index contributed by atoms with van der Waals surface area (Å²) < 4.78 is 4.96. The first-order valence-corrected chi connectivity index (χ1v) is 7.52. The Kier molecular flexibility index (Phi) is 5.95. The van der Waals surface area contributed by atoms with Crippen molar-refractivity contribution in [1.82, 2.24) is 15.5 Å². The van der Waals surface area contributed by atoms with E-state index >= 15 is 0 Å². The van der Waals surface area contributed by atoms with Gasteiger partial charge in [0, 0.05) is 12.6 Å². The maximum absolute atomic E-state index is 11.9. The molecule has 1 aromatic rings. The average molecular weight is 293 g/mol. The fraction of sp³-hybridized carbons (Fsp3) is 0.600. The zero-order valence-corrected chi connectivity index (χ0v) is 12.4. The fourth-order valence-corrected chi connectivity index (χ4v) is 2.54. The highest BCUT2D eigenvalue weighted by Gasteiger charge is 2.19. The van der Waals surface area contributed by atoms with Crippen molar-refractivity contribution < 1.29 is 14.0 Å². The Morgan fingerprint density at radius 3 is 2.95 bits per heavy atom. The van der Waals surface area contributed by atoms with Gasteiger partial charge in [-0.05, 0) is 38.1 Å². The second-order valence-corrected chi connectivity index (χ2v) is 5.33. The number of likely N-dealkylation sites (N-methyl/N-ethyl adjacent to an activating group) is 1. The number of imide groups is 1. The molecule has 0 spiro atoms. The summed E-state index contributed by atoms with van der Waals surface area (Å²) in [7, 11) is 0. The van der Waals surface area contributed by atoms with Gasteiger partial charge in [-0.1, -0.05) is 13.3 Å². The first-order valence-electron chi connectivity index (χ1n) is 7.52. The number of hydrogen-bond acceptors (Lipinski definition) is 5. The Bertz CT molecular complexity index is 453. The molecule has 21 heavy (non-hydrogen) atoms. The summed E-state index contributed by atoms with van der Waals surface area (Å²) >= 11 is 0. The molecule has 1 aromatic heterocycles. The SMILES string of the molecule is CCN(CC(=O)NC(=O)c1ccco1)CC1CCCCN1. The molecular weight excluding hydrogens is 270 g/mol. The molecule has 1 saturated heterocycles. The molecule has 2 rings (SSSR count). The van der Waals surface area contributed by atoms with Crippen LogP contribution in [-0.4, -0.2) is 48.9 Å². The van der Waals surface area contributed by atoms with Gasteiger partial charge in [0.1, 0.15) is 0 Å². The minimum absolute atomic E-state index is 0.153. The topological polar surface area (TPSA) is 74.6 Å². The van der Waals surface area contributed by atoms with Gasteiger partial charge in [-0.2, -0.15) is 0 Å². The zero-order valence-electron chi connectivity index (χ0n) is 12.4. The van der Waals surface area contributed by atoms with Gasteiger partial charge in [0.2, 0.25) is 5.91 Å². The third-order valence-corrected chi connectivity index (χ3v) is 3.70. The molecule has 0 radical (unpaired) electrons. The lowest BCUT2D eigenvalue weighted by atomic mass is 10.0. The third kappa shape index (κ3) is 4.99. The highest BCUT2D eigenvalue weighted by atomic mass is 16.3. The van der Waals surface area contributed by atoms with E-state index in [0.29, 0.717) is 6.04 Å². The van der Waals surface area contributed by atoms with Crippen LogP contribution in [0, 0.1) is 0 Å². The number of carbonyl (C=O) groups is 2. The van der Waals surface area contributed by atoms with Crippen molar-refractivity contribution in [3.8, 4) is 0 Å². The summed E-state index contributed by atoms with van der Waals surface area (Å²) in [6, 6.07) is 3.59. The molecule has 0 saturated carbocycles. The average Bonchev–Trinajstić information content (AvgIpc) is 3.02. The van der Waals surface area contributed by atoms with E-state index in [1.54, 1.807) is 6.07 Å². The first kappa shape index (κ1) is 15.7. The summed E-state index contributed by atoms with van der Waals surface area (Å²) in [5, 5.41) is 5.82. The Hall–Kier alpha value is -1.66. The second-order valence-electron chi connectivity index (χ2n) is 5.33. The van der Waals surface area contributed by atoms with Crippen LogP contribution in [-0.2, 0) is 4.79 Å². The Labute approximate surface area is 124 Å². The van der Waals surface area contributed by atoms with Crippen LogP contribution in [0.25, 0.3) is 0 Å². The Morgan fingerprint density at radius 1 is 1.48 bits per heavy atom. The maximum atomic E-state index is 11.9. The molecule has 116 valence electrons. The molecule has 2 amide bonds. The number of furan rings is 1. The number of piperidine rings is 1. The van der Waals surface area contributed by atoms with Gasteiger partial charge in [-0.25, -0.2) is 0 Å². The molecule has 1 fully saturated rings. The van der Waals surface area contributed by atoms with E-state index in [9.17, 15) is 9.59 Å². The van der Waals surface area contributed by atoms with Gasteiger partial charge >= 0.3 is 0 Å². The number of carbonyl (C=O) groups excluding carboxylic acids is 2. The summed E-state index contributed by atoms with van der Waals surface area (Å²) in [5.41, 5.74) is 0. The van der Waals surface area contributed by atoms with Gasteiger partial charge < -0.3 is 9.73 Å². The quantitative estimate of drug-likeness (QED) is 0.818. The lowest BCUT2D eigenvalue weighted by Gasteiger charge is -2.29. The van der Waals surface area contributed by atoms with Crippen LogP contribution in [0.2, 0.25) is 0 Å². The minimum Gasteiger partial charge on any atom is -0.459 e. The predicted octanol–water partition coefficient (Wildman–Crippen LogP) is 1.000. The van der Waals surface area contributed by atoms with Crippen molar-refractivity contribution in [2.45, 2.75) is 32.2 Å². The van der Waals surface area contributed by atoms with E-state index in [1.165, 1.54) is 25.2 Å². The largest absolute Gasteiger partial charge is 0.459 e. The first-order chi connectivity index (χ1) is 10.2. The minimum atomic E-state index is -0.489. The van der Waals surface area contributed by atoms with Gasteiger partial charge in [0.05, 0.1) is 12.8 Å². The molecule has 0 aliphatic carbocycles. The molecule has 2 N–H and O–H groups in total. The number of nitrogens with one attached hydrogen (secondary N) is 2. The Morgan fingerprint density at radius 2 is 2.33 bits per heavy atom. The van der Waals surface area contributed by atoms with Crippen molar-refractivity contribution in [2.75, 3.05) is 26.2 Å². The molecule has 0 bridgehead atoms. The molecule has 6 nitrogen and oxygen atoms in total. The molecule has 2 heterocycles. The van der Waals surface area contributed by atoms with E-state index in [0.717, 1.165) is 26.1 Å². The van der Waals surface area contributed by atoms with Gasteiger partial charge in [-0.3, -0.25) is 19.8 Å². The highest BCUT2D eigenvalue weighted by Crippen LogP contribution is 2.08. The van der Waals surface area contributed by atoms with E-state index in [2.05, 4.69) is 10.6 Å². The summed E-state index contributed by atoms with van der Waals surface area (Å²) in [6.07, 6.45) is 5.01. The number of rotatable bonds is 6. The smallest absolute Gasteiger partial charge is 0.293 e. The summed E-state index contributed by atoms with van der Waals surface area (Å²) in [4.78, 5) is 25.7. The van der Waals surface area contributed by atoms with E-state index < -0.39 is 5.91 Å². The lowest BCUT2D eigenvalue weighted by Crippen LogP contribution is -2.47. The molecular formula is C15H23N3O3. The number of amides is 2. The van der Waals surface area contributed by atoms with Crippen molar-refractivity contribution in [2.24, 2.45) is 0 Å². The molecule has 6 heteroatoms. The van der Waals surface area contributed by atoms with Gasteiger partial charge in [0.25, 0.3) is 5.91 Å². The van der Waals surface area contributed by atoms with Gasteiger partial charge in [0.15, 0.2) is 5.76 Å². The molecule has 1 aliphatic rings. The van der Waals surface area contributed by atoms with Crippen molar-refractivity contribution in [1.29, 1.82) is 0 Å². The van der Waals surface area contributed by atoms with Crippen molar-refractivity contribution in [3.05, 3.63) is 24.2 Å². The molecule has 1 aliphatic heterocycles. The van der Waals surface area contributed by atoms with Crippen LogP contribution >= 0.6 is 0 Å². The number of nitrogens with zero attached hydrogens (tertiary/aromatic N) is 1. The van der Waals surface area contributed by atoms with Crippen LogP contribution in [0.15, 0.2) is 22.8 Å². The Balaban J connectivity index is 1.77. The normalized spacial score (nSPS) is 18.7. The summed E-state index contributed by atoms with van der Waals surface area (Å²) in [6.45, 7) is 4.90. The van der Waals surface area contributed by atoms with E-state index in [4.69, 9.17) is 4.42 Å². The fourth-order valence-electron chi connectivity index (χ4n) is 2.54. The van der Waals surface area contributed by atoms with Crippen LogP contribution in [0.3, 0.4) is 0 Å². The van der Waals surface area contributed by atoms with Crippen LogP contribution in [0.1, 0.15) is 36.7 Å². The molecule has 1 atom stereocenters. The summed E-state index contributed by atoms with van der Waals surface area (Å²) in [5.74, 6) is -0.633. The second kappa shape index (κ2) is 7.95. The van der Waals surface area contributed by atoms with Gasteiger partial charge in [-0.15, -0.1) is 0 Å². The van der Waals surface area contributed by atoms with Crippen LogP contribution in [0.5, 0.6) is 0 Å². The van der Waals surface area contributed by atoms with Crippen LogP contribution in [0.4, 0.5) is 0 Å². The lowest BCUT2D eigenvalue weighted by molar-refractivity contribution is -0.121. The molecule has 0 aromatic carbocycles.